The average molecular weight is 507 g/mol. The molecule has 0 bridgehead atoms. The van der Waals surface area contributed by atoms with Crippen LogP contribution in [-0.4, -0.2) is 45.3 Å². The zero-order valence-electron chi connectivity index (χ0n) is 21.7. The fourth-order valence-corrected chi connectivity index (χ4v) is 5.05. The van der Waals surface area contributed by atoms with Crippen LogP contribution in [0.15, 0.2) is 23.1 Å². The number of aromatic nitrogens is 1. The monoisotopic (exact) mass is 506 g/mol. The van der Waals surface area contributed by atoms with Crippen molar-refractivity contribution >= 4 is 29.2 Å². The number of cyclic esters (lactones) is 1. The highest BCUT2D eigenvalue weighted by Crippen LogP contribution is 2.33. The largest absolute Gasteiger partial charge is 0.458 e. The Morgan fingerprint density at radius 1 is 1.31 bits per heavy atom. The first-order valence-corrected chi connectivity index (χ1v) is 13.5. The predicted molar refractivity (Wildman–Crippen MR) is 140 cm³/mol. The van der Waals surface area contributed by atoms with Gasteiger partial charge in [0.25, 0.3) is 0 Å². The lowest BCUT2D eigenvalue weighted by Gasteiger charge is -2.35. The number of esters is 1. The normalized spacial score (nSPS) is 31.2. The third-order valence-electron chi connectivity index (χ3n) is 7.04. The zero-order valence-corrected chi connectivity index (χ0v) is 22.5. The Bertz CT molecular complexity index is 907. The number of aliphatic hydroxyl groups is 2. The number of hydrogen-bond acceptors (Lipinski definition) is 8. The number of thiazole rings is 1. The fraction of sp³-hybridized carbons (Fsp3) is 0.667. The number of hydrogen-bond donors (Lipinski definition) is 3. The van der Waals surface area contributed by atoms with Crippen LogP contribution >= 0.6 is 11.3 Å². The second kappa shape index (κ2) is 13.4. The molecule has 2 rings (SSSR count). The molecule has 2 heterocycles. The Balaban J connectivity index is 2.29. The van der Waals surface area contributed by atoms with Gasteiger partial charge in [-0.3, -0.25) is 9.59 Å². The van der Waals surface area contributed by atoms with Crippen LogP contribution in [0.25, 0.3) is 6.08 Å². The molecule has 0 aliphatic carbocycles. The number of Topliss-reactive ketones (excluding diaryl/α,β-unsaturated/α-hetero) is 1. The molecule has 0 amide bonds. The van der Waals surface area contributed by atoms with Crippen molar-refractivity contribution in [3.8, 4) is 0 Å². The number of nitrogens with two attached hydrogens (primary N) is 1. The molecule has 0 aromatic carbocycles. The summed E-state index contributed by atoms with van der Waals surface area (Å²) in [6.07, 6.45) is 6.36. The Morgan fingerprint density at radius 2 is 2.03 bits per heavy atom. The van der Waals surface area contributed by atoms with Gasteiger partial charge in [0.05, 0.1) is 29.7 Å². The fourth-order valence-electron chi connectivity index (χ4n) is 4.41. The minimum atomic E-state index is -1.22. The number of ether oxygens (including phenoxy) is 1. The molecule has 8 heteroatoms. The van der Waals surface area contributed by atoms with E-state index < -0.39 is 35.6 Å². The van der Waals surface area contributed by atoms with Crippen LogP contribution in [-0.2, 0) is 20.9 Å². The van der Waals surface area contributed by atoms with Gasteiger partial charge in [-0.25, -0.2) is 4.98 Å². The molecule has 0 spiro atoms. The Hall–Kier alpha value is -1.87. The van der Waals surface area contributed by atoms with E-state index in [2.05, 4.69) is 11.1 Å². The van der Waals surface area contributed by atoms with Crippen molar-refractivity contribution in [2.75, 3.05) is 0 Å². The molecule has 5 unspecified atom stereocenters. The lowest BCUT2D eigenvalue weighted by Crippen LogP contribution is -2.46. The van der Waals surface area contributed by atoms with Crippen molar-refractivity contribution < 1.29 is 24.5 Å². The molecule has 4 N–H and O–H groups in total. The van der Waals surface area contributed by atoms with E-state index in [1.54, 1.807) is 19.9 Å². The van der Waals surface area contributed by atoms with Crippen LogP contribution in [0.2, 0.25) is 0 Å². The Labute approximate surface area is 213 Å². The number of rotatable bonds is 4. The number of allylic oxidation sites excluding steroid dienone is 1. The van der Waals surface area contributed by atoms with Gasteiger partial charge in [-0.2, -0.15) is 0 Å². The third kappa shape index (κ3) is 8.34. The molecular weight excluding hydrogens is 464 g/mol. The summed E-state index contributed by atoms with van der Waals surface area (Å²) in [6, 6.07) is 0. The molecule has 0 saturated carbocycles. The molecule has 0 saturated heterocycles. The molecule has 35 heavy (non-hydrogen) atoms. The van der Waals surface area contributed by atoms with Crippen LogP contribution in [0, 0.1) is 17.3 Å². The quantitative estimate of drug-likeness (QED) is 0.408. The van der Waals surface area contributed by atoms with Crippen LogP contribution < -0.4 is 5.73 Å². The zero-order chi connectivity index (χ0) is 26.2. The number of nitrogens with zero attached hydrogens (tertiary/aromatic N) is 1. The molecule has 0 fully saturated rings. The van der Waals surface area contributed by atoms with Crippen molar-refractivity contribution in [2.45, 2.75) is 98.0 Å². The first kappa shape index (κ1) is 29.4. The van der Waals surface area contributed by atoms with Crippen LogP contribution in [0.5, 0.6) is 0 Å². The first-order chi connectivity index (χ1) is 16.5. The van der Waals surface area contributed by atoms with Gasteiger partial charge < -0.3 is 20.7 Å². The van der Waals surface area contributed by atoms with E-state index in [9.17, 15) is 19.8 Å². The highest BCUT2D eigenvalue weighted by atomic mass is 32.1. The molecule has 196 valence electrons. The minimum absolute atomic E-state index is 0.0466. The highest BCUT2D eigenvalue weighted by molar-refractivity contribution is 7.09. The maximum atomic E-state index is 13.4. The van der Waals surface area contributed by atoms with Gasteiger partial charge in [-0.15, -0.1) is 11.3 Å². The van der Waals surface area contributed by atoms with Gasteiger partial charge in [-0.1, -0.05) is 39.3 Å². The summed E-state index contributed by atoms with van der Waals surface area (Å²) in [6.45, 7) is 9.54. The smallest absolute Gasteiger partial charge is 0.309 e. The maximum Gasteiger partial charge on any atom is 0.309 e. The second-order valence-electron chi connectivity index (χ2n) is 10.2. The van der Waals surface area contributed by atoms with Crippen LogP contribution in [0.1, 0.15) is 83.8 Å². The average Bonchev–Trinajstić information content (AvgIpc) is 3.28. The summed E-state index contributed by atoms with van der Waals surface area (Å²) < 4.78 is 5.70. The third-order valence-corrected chi connectivity index (χ3v) is 7.93. The molecule has 1 aromatic rings. The molecule has 1 aliphatic rings. The first-order valence-electron chi connectivity index (χ1n) is 12.6. The summed E-state index contributed by atoms with van der Waals surface area (Å²) in [5.41, 5.74) is 6.38. The van der Waals surface area contributed by atoms with E-state index in [4.69, 9.17) is 10.5 Å². The van der Waals surface area contributed by atoms with Gasteiger partial charge >= 0.3 is 5.97 Å². The maximum absolute atomic E-state index is 13.4. The van der Waals surface area contributed by atoms with Crippen molar-refractivity contribution in [3.63, 3.8) is 0 Å². The lowest BCUT2D eigenvalue weighted by atomic mass is 9.71. The second-order valence-corrected chi connectivity index (χ2v) is 11.2. The number of carbonyl (C=O) groups excluding carboxylic acids is 2. The summed E-state index contributed by atoms with van der Waals surface area (Å²) >= 11 is 1.48. The number of ketones is 1. The SMILES string of the molecule is CCC1C(=O)C(C)(C)C(O)CC(=O)OC(/C=C/c2csc(CN)n2)C/C=C(\C)CCCC(C)C1O. The molecule has 7 nitrogen and oxygen atoms in total. The van der Waals surface area contributed by atoms with Crippen LogP contribution in [0.4, 0.5) is 0 Å². The summed E-state index contributed by atoms with van der Waals surface area (Å²) in [7, 11) is 0. The van der Waals surface area contributed by atoms with Gasteiger partial charge in [0, 0.05) is 24.3 Å². The standard InChI is InChI=1S/C27H42N2O5S/c1-6-21-25(32)18(3)9-7-8-17(2)10-12-20(13-11-19-16-35-23(15-28)29-19)34-24(31)14-22(30)27(4,5)26(21)33/h10-11,13,16,18,20-22,25,30,32H,6-9,12,14-15,28H2,1-5H3/b13-11+,17-10+. The van der Waals surface area contributed by atoms with E-state index >= 15 is 0 Å². The van der Waals surface area contributed by atoms with Gasteiger partial charge in [0.1, 0.15) is 16.9 Å². The van der Waals surface area contributed by atoms with Gasteiger partial charge in [0.2, 0.25) is 0 Å². The van der Waals surface area contributed by atoms with Gasteiger partial charge in [0.15, 0.2) is 0 Å². The lowest BCUT2D eigenvalue weighted by molar-refractivity contribution is -0.154. The Kier molecular flexibility index (Phi) is 11.3. The van der Waals surface area contributed by atoms with Crippen molar-refractivity contribution in [1.82, 2.24) is 4.98 Å². The molecule has 1 aliphatic heterocycles. The van der Waals surface area contributed by atoms with E-state index in [-0.39, 0.29) is 18.1 Å². The number of aliphatic hydroxyl groups excluding tert-OH is 2. The molecule has 5 atom stereocenters. The van der Waals surface area contributed by atoms with E-state index in [1.165, 1.54) is 16.9 Å². The van der Waals surface area contributed by atoms with Gasteiger partial charge in [-0.05, 0) is 50.7 Å². The van der Waals surface area contributed by atoms with E-state index in [0.29, 0.717) is 19.4 Å². The summed E-state index contributed by atoms with van der Waals surface area (Å²) in [5, 5.41) is 24.5. The molecule has 0 radical (unpaired) electrons. The Morgan fingerprint density at radius 3 is 2.66 bits per heavy atom. The highest BCUT2D eigenvalue weighted by Gasteiger charge is 2.43. The topological polar surface area (TPSA) is 123 Å². The van der Waals surface area contributed by atoms with Crippen molar-refractivity contribution in [2.24, 2.45) is 23.0 Å². The van der Waals surface area contributed by atoms with Crippen molar-refractivity contribution in [3.05, 3.63) is 33.8 Å². The van der Waals surface area contributed by atoms with E-state index in [1.807, 2.05) is 32.2 Å². The van der Waals surface area contributed by atoms with E-state index in [0.717, 1.165) is 30.0 Å². The molecular formula is C27H42N2O5S. The summed E-state index contributed by atoms with van der Waals surface area (Å²) in [5.74, 6) is -1.44. The summed E-state index contributed by atoms with van der Waals surface area (Å²) in [4.78, 5) is 30.5. The van der Waals surface area contributed by atoms with Crippen LogP contribution in [0.3, 0.4) is 0 Å². The van der Waals surface area contributed by atoms with Crippen molar-refractivity contribution in [1.29, 1.82) is 0 Å². The predicted octanol–water partition coefficient (Wildman–Crippen LogP) is 4.42. The minimum Gasteiger partial charge on any atom is -0.458 e. The molecule has 1 aromatic heterocycles. The number of carbonyl (C=O) groups is 2.